The first kappa shape index (κ1) is 27.6. The molecule has 50 heavy (non-hydrogen) atoms. The molecule has 4 saturated carbocycles. The molecule has 0 aliphatic heterocycles. The summed E-state index contributed by atoms with van der Waals surface area (Å²) in [5, 5.41) is 10.8. The van der Waals surface area contributed by atoms with E-state index in [9.17, 15) is 0 Å². The maximum atomic E-state index is 2.64. The number of benzene rings is 8. The fraction of sp³-hybridized carbons (Fsp3) is 0.200. The van der Waals surface area contributed by atoms with Crippen LogP contribution in [-0.4, -0.2) is 0 Å². The minimum absolute atomic E-state index is 0.0647. The third-order valence-electron chi connectivity index (χ3n) is 13.8. The highest BCUT2D eigenvalue weighted by atomic mass is 14.7. The van der Waals surface area contributed by atoms with E-state index in [0.717, 1.165) is 11.8 Å². The fourth-order valence-electron chi connectivity index (χ4n) is 12.3. The van der Waals surface area contributed by atoms with Gasteiger partial charge in [0.15, 0.2) is 0 Å². The van der Waals surface area contributed by atoms with Crippen LogP contribution in [0.25, 0.3) is 76.5 Å². The van der Waals surface area contributed by atoms with Gasteiger partial charge in [0.1, 0.15) is 0 Å². The first-order valence-electron chi connectivity index (χ1n) is 18.9. The average molecular weight is 639 g/mol. The quantitative estimate of drug-likeness (QED) is 0.165. The molecule has 0 radical (unpaired) electrons. The van der Waals surface area contributed by atoms with E-state index in [4.69, 9.17) is 0 Å². The van der Waals surface area contributed by atoms with Crippen LogP contribution in [0.3, 0.4) is 0 Å². The highest BCUT2D eigenvalue weighted by molar-refractivity contribution is 6.24. The summed E-state index contributed by atoms with van der Waals surface area (Å²) in [6, 6.07) is 55.9. The molecular formula is C50H38. The van der Waals surface area contributed by atoms with E-state index in [0.29, 0.717) is 11.8 Å². The van der Waals surface area contributed by atoms with Crippen LogP contribution in [0.15, 0.2) is 146 Å². The molecule has 0 atom stereocenters. The zero-order chi connectivity index (χ0) is 32.6. The van der Waals surface area contributed by atoms with E-state index in [1.54, 1.807) is 11.1 Å². The molecule has 8 aromatic rings. The molecule has 0 amide bonds. The van der Waals surface area contributed by atoms with Crippen LogP contribution in [0.4, 0.5) is 0 Å². The molecule has 5 aliphatic carbocycles. The summed E-state index contributed by atoms with van der Waals surface area (Å²) in [5.41, 5.74) is 11.9. The molecule has 5 aliphatic rings. The summed E-state index contributed by atoms with van der Waals surface area (Å²) in [6.45, 7) is 0. The molecule has 0 nitrogen and oxygen atoms in total. The van der Waals surface area contributed by atoms with Crippen molar-refractivity contribution < 1.29 is 0 Å². The van der Waals surface area contributed by atoms with Crippen LogP contribution in [0.2, 0.25) is 0 Å². The molecular weight excluding hydrogens is 601 g/mol. The lowest BCUT2D eigenvalue weighted by Crippen LogP contribution is -2.55. The third-order valence-corrected chi connectivity index (χ3v) is 13.8. The van der Waals surface area contributed by atoms with E-state index in [1.165, 1.54) is 109 Å². The molecule has 13 rings (SSSR count). The molecule has 1 spiro atoms. The number of rotatable bonds is 2. The molecule has 0 heterocycles. The minimum Gasteiger partial charge on any atom is -0.0616 e. The smallest absolute Gasteiger partial charge is 0.0278 e. The van der Waals surface area contributed by atoms with Crippen molar-refractivity contribution in [2.24, 2.45) is 23.7 Å². The zero-order valence-electron chi connectivity index (χ0n) is 28.2. The first-order chi connectivity index (χ1) is 24.8. The third kappa shape index (κ3) is 3.47. The van der Waals surface area contributed by atoms with Gasteiger partial charge < -0.3 is 0 Å². The molecule has 4 fully saturated rings. The first-order valence-corrected chi connectivity index (χ1v) is 18.9. The van der Waals surface area contributed by atoms with Gasteiger partial charge in [0.25, 0.3) is 0 Å². The Morgan fingerprint density at radius 3 is 1.46 bits per heavy atom. The van der Waals surface area contributed by atoms with Gasteiger partial charge >= 0.3 is 0 Å². The Morgan fingerprint density at radius 2 is 0.820 bits per heavy atom. The second-order valence-corrected chi connectivity index (χ2v) is 16.0. The highest BCUT2D eigenvalue weighted by Crippen LogP contribution is 2.71. The highest BCUT2D eigenvalue weighted by Gasteiger charge is 2.62. The largest absolute Gasteiger partial charge is 0.0616 e. The minimum atomic E-state index is 0.0647. The van der Waals surface area contributed by atoms with Gasteiger partial charge in [-0.1, -0.05) is 133 Å². The van der Waals surface area contributed by atoms with Crippen molar-refractivity contribution in [1.82, 2.24) is 0 Å². The summed E-state index contributed by atoms with van der Waals surface area (Å²) < 4.78 is 0. The van der Waals surface area contributed by atoms with E-state index >= 15 is 0 Å². The van der Waals surface area contributed by atoms with E-state index < -0.39 is 0 Å². The number of fused-ring (bicyclic) bond motifs is 7. The van der Waals surface area contributed by atoms with Gasteiger partial charge in [0.2, 0.25) is 0 Å². The summed E-state index contributed by atoms with van der Waals surface area (Å²) in [7, 11) is 0. The summed E-state index contributed by atoms with van der Waals surface area (Å²) >= 11 is 0. The van der Waals surface area contributed by atoms with Crippen LogP contribution in [0, 0.1) is 23.7 Å². The topological polar surface area (TPSA) is 0 Å². The van der Waals surface area contributed by atoms with Crippen molar-refractivity contribution >= 4 is 43.1 Å². The Morgan fingerprint density at radius 1 is 0.360 bits per heavy atom. The number of hydrogen-bond acceptors (Lipinski definition) is 0. The molecule has 238 valence electrons. The average Bonchev–Trinajstić information content (AvgIpc) is 3.44. The van der Waals surface area contributed by atoms with Crippen molar-refractivity contribution in [1.29, 1.82) is 0 Å². The maximum Gasteiger partial charge on any atom is 0.0278 e. The molecule has 4 bridgehead atoms. The van der Waals surface area contributed by atoms with Gasteiger partial charge in [-0.3, -0.25) is 0 Å². The molecule has 0 saturated heterocycles. The van der Waals surface area contributed by atoms with Crippen LogP contribution >= 0.6 is 0 Å². The Bertz CT molecular complexity index is 2640. The lowest BCUT2D eigenvalue weighted by atomic mass is 9.42. The number of hydrogen-bond donors (Lipinski definition) is 0. The van der Waals surface area contributed by atoms with Crippen LogP contribution < -0.4 is 0 Å². The Labute approximate surface area is 293 Å². The van der Waals surface area contributed by atoms with Gasteiger partial charge in [-0.05, 0) is 156 Å². The van der Waals surface area contributed by atoms with Crippen LogP contribution in [-0.2, 0) is 5.41 Å². The van der Waals surface area contributed by atoms with E-state index in [1.807, 2.05) is 0 Å². The summed E-state index contributed by atoms with van der Waals surface area (Å²) in [5.74, 6) is 3.22. The maximum absolute atomic E-state index is 2.64. The zero-order valence-corrected chi connectivity index (χ0v) is 28.2. The predicted octanol–water partition coefficient (Wildman–Crippen LogP) is 13.4. The van der Waals surface area contributed by atoms with E-state index in [2.05, 4.69) is 146 Å². The standard InChI is InChI=1S/C50H38/c1-2-13-34-29-46-45(28-33(34)12-1)43-21-10-22-44(49(43)50(46)35-24-30-23-31(26-35)27-36(50)25-30)48-41-18-7-5-16-39(41)47(40-17-6-8-19-42(40)48)38-20-9-14-32-11-3-4-15-37(32)38/h1-22,28-31,35-36H,23-27H2. The SMILES string of the molecule is c1cc2c(c(-c3c4ccccc4c(-c4cccc5ccccc45)c4ccccc34)c1)C1(c3cc4ccccc4cc3-2)C2CC3CC(C2)CC1C3. The Balaban J connectivity index is 1.22. The molecule has 0 N–H and O–H groups in total. The van der Waals surface area contributed by atoms with Crippen molar-refractivity contribution in [3.05, 3.63) is 157 Å². The fourth-order valence-corrected chi connectivity index (χ4v) is 12.3. The summed E-state index contributed by atoms with van der Waals surface area (Å²) in [6.07, 6.45) is 7.00. The van der Waals surface area contributed by atoms with Crippen molar-refractivity contribution in [3.63, 3.8) is 0 Å². The monoisotopic (exact) mass is 638 g/mol. The van der Waals surface area contributed by atoms with Gasteiger partial charge in [0.05, 0.1) is 0 Å². The van der Waals surface area contributed by atoms with Gasteiger partial charge in [-0.15, -0.1) is 0 Å². The second-order valence-electron chi connectivity index (χ2n) is 16.0. The lowest BCUT2D eigenvalue weighted by Gasteiger charge is -2.61. The second kappa shape index (κ2) is 9.95. The normalized spacial score (nSPS) is 24.5. The van der Waals surface area contributed by atoms with Crippen LogP contribution in [0.1, 0.15) is 43.2 Å². The molecule has 0 heteroatoms. The van der Waals surface area contributed by atoms with Gasteiger partial charge in [0, 0.05) is 5.41 Å². The summed E-state index contributed by atoms with van der Waals surface area (Å²) in [4.78, 5) is 0. The van der Waals surface area contributed by atoms with Crippen molar-refractivity contribution in [2.45, 2.75) is 37.5 Å². The Kier molecular flexibility index (Phi) is 5.49. The Hall–Kier alpha value is -5.20. The molecule has 0 aromatic heterocycles. The van der Waals surface area contributed by atoms with Gasteiger partial charge in [-0.25, -0.2) is 0 Å². The van der Waals surface area contributed by atoms with Crippen LogP contribution in [0.5, 0.6) is 0 Å². The van der Waals surface area contributed by atoms with E-state index in [-0.39, 0.29) is 5.41 Å². The lowest BCUT2D eigenvalue weighted by molar-refractivity contribution is -0.0396. The molecule has 0 unspecified atom stereocenters. The van der Waals surface area contributed by atoms with Crippen molar-refractivity contribution in [2.75, 3.05) is 0 Å². The molecule has 8 aromatic carbocycles. The van der Waals surface area contributed by atoms with Crippen molar-refractivity contribution in [3.8, 4) is 33.4 Å². The predicted molar refractivity (Wildman–Crippen MR) is 211 cm³/mol. The van der Waals surface area contributed by atoms with Gasteiger partial charge in [-0.2, -0.15) is 0 Å².